The molecule has 3 saturated carbocycles. The van der Waals surface area contributed by atoms with Crippen LogP contribution in [0.5, 0.6) is 0 Å². The molecule has 0 radical (unpaired) electrons. The van der Waals surface area contributed by atoms with E-state index in [0.29, 0.717) is 55.3 Å². The van der Waals surface area contributed by atoms with Gasteiger partial charge < -0.3 is 25.3 Å². The zero-order chi connectivity index (χ0) is 27.2. The summed E-state index contributed by atoms with van der Waals surface area (Å²) in [5, 5.41) is 9.31. The van der Waals surface area contributed by atoms with Crippen LogP contribution in [0.4, 0.5) is 4.79 Å². The molecule has 0 aromatic carbocycles. The normalized spacial score (nSPS) is 37.8. The van der Waals surface area contributed by atoms with Gasteiger partial charge in [-0.05, 0) is 97.5 Å². The van der Waals surface area contributed by atoms with Crippen LogP contribution in [0.25, 0.3) is 0 Å². The van der Waals surface area contributed by atoms with Gasteiger partial charge in [0, 0.05) is 38.3 Å². The van der Waals surface area contributed by atoms with E-state index in [4.69, 9.17) is 4.42 Å². The molecule has 3 N–H and O–H groups in total. The number of nitrogens with one attached hydrogen (secondary N) is 3. The Bertz CT molecular complexity index is 1170. The Labute approximate surface area is 231 Å². The van der Waals surface area contributed by atoms with E-state index in [2.05, 4.69) is 35.9 Å². The number of rotatable bonds is 5. The standard InChI is InChI=1S/C31H44N4O4/c1-30-11-9-22(34-29(38)33-14-16-35-15-13-32-18-27(35)36)17-21(30)4-5-23-25-7-6-24(20-3-8-28(37)39-19-20)31(25,2)12-10-26(23)30/h3,7-8,19,21-24,26,32H,4-6,9-18H2,1-2H3,(H2,33,34,38)/t21-,22+,23+,24-,26+,30+,31-/m1/s1. The number of fused-ring (bicyclic) bond motifs is 5. The maximum absolute atomic E-state index is 12.7. The Balaban J connectivity index is 1.05. The fraction of sp³-hybridized carbons (Fsp3) is 0.710. The van der Waals surface area contributed by atoms with E-state index in [1.54, 1.807) is 17.9 Å². The molecule has 2 heterocycles. The van der Waals surface area contributed by atoms with E-state index < -0.39 is 0 Å². The van der Waals surface area contributed by atoms with Crippen LogP contribution in [-0.2, 0) is 4.79 Å². The molecule has 1 aromatic heterocycles. The van der Waals surface area contributed by atoms with Crippen molar-refractivity contribution in [1.82, 2.24) is 20.9 Å². The Kier molecular flexibility index (Phi) is 7.11. The van der Waals surface area contributed by atoms with Gasteiger partial charge in [0.15, 0.2) is 0 Å². The van der Waals surface area contributed by atoms with Crippen molar-refractivity contribution in [3.8, 4) is 0 Å². The summed E-state index contributed by atoms with van der Waals surface area (Å²) in [6.45, 7) is 7.94. The number of hydrogen-bond acceptors (Lipinski definition) is 5. The SMILES string of the molecule is C[C@]12CC[C@H](NC(=O)NCCN3CCNCC3=O)C[C@H]1CC[C@H]1C3=CC[C@H](c4ccc(=O)oc4)[C@@]3(C)CC[C@@H]12. The van der Waals surface area contributed by atoms with Gasteiger partial charge in [-0.1, -0.05) is 25.5 Å². The summed E-state index contributed by atoms with van der Waals surface area (Å²) >= 11 is 0. The topological polar surface area (TPSA) is 104 Å². The van der Waals surface area contributed by atoms with Crippen LogP contribution in [0.3, 0.4) is 0 Å². The Morgan fingerprint density at radius 1 is 1.15 bits per heavy atom. The molecule has 6 rings (SSSR count). The van der Waals surface area contributed by atoms with Crippen LogP contribution >= 0.6 is 0 Å². The largest absolute Gasteiger partial charge is 0.431 e. The van der Waals surface area contributed by atoms with Gasteiger partial charge >= 0.3 is 11.7 Å². The summed E-state index contributed by atoms with van der Waals surface area (Å²) in [6, 6.07) is 3.65. The van der Waals surface area contributed by atoms with Crippen molar-refractivity contribution >= 4 is 11.9 Å². The maximum Gasteiger partial charge on any atom is 0.335 e. The summed E-state index contributed by atoms with van der Waals surface area (Å²) in [5.41, 5.74) is 3.01. The average molecular weight is 537 g/mol. The molecular weight excluding hydrogens is 492 g/mol. The number of amides is 3. The predicted molar refractivity (Wildman–Crippen MR) is 149 cm³/mol. The zero-order valence-electron chi connectivity index (χ0n) is 23.5. The number of carbonyl (C=O) groups is 2. The quantitative estimate of drug-likeness (QED) is 0.497. The summed E-state index contributed by atoms with van der Waals surface area (Å²) in [5.74, 6) is 2.49. The predicted octanol–water partition coefficient (Wildman–Crippen LogP) is 3.79. The molecule has 1 saturated heterocycles. The smallest absolute Gasteiger partial charge is 0.335 e. The van der Waals surface area contributed by atoms with Crippen molar-refractivity contribution in [2.75, 3.05) is 32.7 Å². The number of carbonyl (C=O) groups excluding carboxylic acids is 2. The fourth-order valence-corrected chi connectivity index (χ4v) is 9.21. The third-order valence-electron chi connectivity index (χ3n) is 11.4. The molecule has 212 valence electrons. The molecule has 8 nitrogen and oxygen atoms in total. The highest BCUT2D eigenvalue weighted by molar-refractivity contribution is 5.79. The van der Waals surface area contributed by atoms with Crippen molar-refractivity contribution in [1.29, 1.82) is 0 Å². The molecule has 4 fully saturated rings. The van der Waals surface area contributed by atoms with Crippen molar-refractivity contribution in [2.24, 2.45) is 28.6 Å². The van der Waals surface area contributed by atoms with Gasteiger partial charge in [-0.3, -0.25) is 4.79 Å². The first kappa shape index (κ1) is 26.6. The van der Waals surface area contributed by atoms with Crippen molar-refractivity contribution in [2.45, 2.75) is 77.2 Å². The second-order valence-corrected chi connectivity index (χ2v) is 13.2. The van der Waals surface area contributed by atoms with E-state index in [1.807, 2.05) is 11.0 Å². The van der Waals surface area contributed by atoms with Crippen LogP contribution in [0.15, 0.2) is 39.3 Å². The molecule has 8 heteroatoms. The highest BCUT2D eigenvalue weighted by atomic mass is 16.4. The van der Waals surface area contributed by atoms with Gasteiger partial charge in [0.2, 0.25) is 5.91 Å². The zero-order valence-corrected chi connectivity index (χ0v) is 23.5. The minimum absolute atomic E-state index is 0.103. The number of allylic oxidation sites excluding steroid dienone is 2. The number of hydrogen-bond donors (Lipinski definition) is 3. The second kappa shape index (κ2) is 10.4. The van der Waals surface area contributed by atoms with Gasteiger partial charge in [-0.25, -0.2) is 9.59 Å². The van der Waals surface area contributed by atoms with Gasteiger partial charge in [0.1, 0.15) is 0 Å². The number of urea groups is 1. The molecular formula is C31H44N4O4. The summed E-state index contributed by atoms with van der Waals surface area (Å²) in [4.78, 5) is 37.9. The third kappa shape index (κ3) is 4.83. The lowest BCUT2D eigenvalue weighted by Gasteiger charge is -2.60. The average Bonchev–Trinajstić information content (AvgIpc) is 3.28. The second-order valence-electron chi connectivity index (χ2n) is 13.2. The Hall–Kier alpha value is -2.61. The monoisotopic (exact) mass is 536 g/mol. The number of piperazine rings is 1. The molecule has 3 amide bonds. The lowest BCUT2D eigenvalue weighted by atomic mass is 9.45. The minimum atomic E-state index is -0.278. The lowest BCUT2D eigenvalue weighted by Crippen LogP contribution is -2.55. The molecule has 0 bridgehead atoms. The van der Waals surface area contributed by atoms with E-state index in [1.165, 1.54) is 25.7 Å². The molecule has 0 spiro atoms. The minimum Gasteiger partial charge on any atom is -0.431 e. The van der Waals surface area contributed by atoms with Crippen molar-refractivity contribution in [3.05, 3.63) is 46.0 Å². The molecule has 39 heavy (non-hydrogen) atoms. The van der Waals surface area contributed by atoms with Crippen LogP contribution in [0, 0.1) is 28.6 Å². The van der Waals surface area contributed by atoms with Crippen molar-refractivity contribution < 1.29 is 14.0 Å². The van der Waals surface area contributed by atoms with Gasteiger partial charge in [-0.15, -0.1) is 0 Å². The van der Waals surface area contributed by atoms with E-state index in [0.717, 1.165) is 37.8 Å². The summed E-state index contributed by atoms with van der Waals surface area (Å²) in [7, 11) is 0. The van der Waals surface area contributed by atoms with Crippen LogP contribution in [0.2, 0.25) is 0 Å². The van der Waals surface area contributed by atoms with E-state index >= 15 is 0 Å². The molecule has 1 aliphatic heterocycles. The van der Waals surface area contributed by atoms with Crippen LogP contribution < -0.4 is 21.6 Å². The molecule has 0 unspecified atom stereocenters. The van der Waals surface area contributed by atoms with Crippen molar-refractivity contribution in [3.63, 3.8) is 0 Å². The van der Waals surface area contributed by atoms with Gasteiger partial charge in [0.25, 0.3) is 0 Å². The molecule has 4 aliphatic carbocycles. The first-order chi connectivity index (χ1) is 18.8. The fourth-order valence-electron chi connectivity index (χ4n) is 9.21. The third-order valence-corrected chi connectivity index (χ3v) is 11.4. The molecule has 5 aliphatic rings. The van der Waals surface area contributed by atoms with Gasteiger partial charge in [-0.2, -0.15) is 0 Å². The highest BCUT2D eigenvalue weighted by Crippen LogP contribution is 2.67. The summed E-state index contributed by atoms with van der Waals surface area (Å²) in [6.07, 6.45) is 13.4. The summed E-state index contributed by atoms with van der Waals surface area (Å²) < 4.78 is 5.25. The first-order valence-electron chi connectivity index (χ1n) is 15.1. The maximum atomic E-state index is 12.7. The highest BCUT2D eigenvalue weighted by Gasteiger charge is 2.57. The van der Waals surface area contributed by atoms with E-state index in [-0.39, 0.29) is 29.0 Å². The molecule has 1 aromatic rings. The number of nitrogens with zero attached hydrogens (tertiary/aromatic N) is 1. The van der Waals surface area contributed by atoms with Crippen LogP contribution in [0.1, 0.15) is 76.7 Å². The Morgan fingerprint density at radius 3 is 2.82 bits per heavy atom. The molecule has 7 atom stereocenters. The lowest BCUT2D eigenvalue weighted by molar-refractivity contribution is -0.131. The van der Waals surface area contributed by atoms with Crippen LogP contribution in [-0.4, -0.2) is 55.6 Å². The van der Waals surface area contributed by atoms with E-state index in [9.17, 15) is 14.4 Å². The first-order valence-corrected chi connectivity index (χ1v) is 15.1. The van der Waals surface area contributed by atoms with Gasteiger partial charge in [0.05, 0.1) is 12.8 Å². The Morgan fingerprint density at radius 2 is 2.03 bits per heavy atom.